The van der Waals surface area contributed by atoms with Crippen LogP contribution >= 0.6 is 11.8 Å². The Balaban J connectivity index is 1.69. The molecule has 29 heavy (non-hydrogen) atoms. The highest BCUT2D eigenvalue weighted by atomic mass is 32.2. The summed E-state index contributed by atoms with van der Waals surface area (Å²) in [6.45, 7) is 3.30. The molecule has 3 rings (SSSR count). The number of para-hydroxylation sites is 1. The first-order valence-corrected chi connectivity index (χ1v) is 9.97. The van der Waals surface area contributed by atoms with Crippen molar-refractivity contribution in [1.82, 2.24) is 9.80 Å². The van der Waals surface area contributed by atoms with E-state index in [1.54, 1.807) is 12.1 Å². The number of anilines is 1. The Morgan fingerprint density at radius 1 is 0.931 bits per heavy atom. The fourth-order valence-corrected chi connectivity index (χ4v) is 3.75. The summed E-state index contributed by atoms with van der Waals surface area (Å²) in [5.41, 5.74) is 0.566. The molecule has 1 aliphatic heterocycles. The van der Waals surface area contributed by atoms with Gasteiger partial charge in [-0.15, -0.1) is 0 Å². The summed E-state index contributed by atoms with van der Waals surface area (Å²) in [5, 5.41) is 2.73. The number of hydrogen-bond donors (Lipinski definition) is 1. The zero-order valence-corrected chi connectivity index (χ0v) is 16.9. The quantitative estimate of drug-likeness (QED) is 0.558. The van der Waals surface area contributed by atoms with Crippen molar-refractivity contribution in [2.24, 2.45) is 5.92 Å². The van der Waals surface area contributed by atoms with E-state index in [-0.39, 0.29) is 12.5 Å². The molecule has 1 fully saturated rings. The van der Waals surface area contributed by atoms with Crippen molar-refractivity contribution in [2.75, 3.05) is 18.4 Å². The lowest BCUT2D eigenvalue weighted by Crippen LogP contribution is -2.39. The molecule has 1 N–H and O–H groups in total. The van der Waals surface area contributed by atoms with E-state index in [1.807, 2.05) is 56.3 Å². The average molecular weight is 411 g/mol. The number of nitrogens with one attached hydrogen (secondary N) is 1. The summed E-state index contributed by atoms with van der Waals surface area (Å²) < 4.78 is 0. The van der Waals surface area contributed by atoms with Gasteiger partial charge >= 0.3 is 17.8 Å². The third-order valence-electron chi connectivity index (χ3n) is 4.12. The highest BCUT2D eigenvalue weighted by Crippen LogP contribution is 2.33. The lowest BCUT2D eigenvalue weighted by molar-refractivity contribution is -0.143. The molecule has 0 aromatic heterocycles. The number of nitrogens with zero attached hydrogens (tertiary/aromatic N) is 2. The molecule has 8 heteroatoms. The largest absolute Gasteiger partial charge is 0.334 e. The molecule has 1 aliphatic rings. The Hall–Kier alpha value is -3.13. The monoisotopic (exact) mass is 411 g/mol. The number of amides is 5. The normalized spacial score (nSPS) is 14.1. The second kappa shape index (κ2) is 8.91. The van der Waals surface area contributed by atoms with Gasteiger partial charge in [-0.3, -0.25) is 19.3 Å². The Morgan fingerprint density at radius 3 is 2.24 bits per heavy atom. The van der Waals surface area contributed by atoms with Gasteiger partial charge in [0.1, 0.15) is 6.54 Å². The summed E-state index contributed by atoms with van der Waals surface area (Å²) in [5.74, 6) is -2.40. The van der Waals surface area contributed by atoms with Gasteiger partial charge in [-0.1, -0.05) is 55.9 Å². The Morgan fingerprint density at radius 2 is 1.55 bits per heavy atom. The summed E-state index contributed by atoms with van der Waals surface area (Å²) in [4.78, 5) is 52.5. The molecule has 0 spiro atoms. The summed E-state index contributed by atoms with van der Waals surface area (Å²) >= 11 is 1.48. The van der Waals surface area contributed by atoms with Crippen molar-refractivity contribution in [3.63, 3.8) is 0 Å². The first-order chi connectivity index (χ1) is 13.9. The van der Waals surface area contributed by atoms with Crippen molar-refractivity contribution >= 4 is 41.2 Å². The molecule has 7 nitrogen and oxygen atoms in total. The number of benzene rings is 2. The van der Waals surface area contributed by atoms with Crippen LogP contribution in [0.2, 0.25) is 0 Å². The van der Waals surface area contributed by atoms with E-state index in [2.05, 4.69) is 5.32 Å². The van der Waals surface area contributed by atoms with Crippen LogP contribution in [0.5, 0.6) is 0 Å². The molecular formula is C21H21N3O4S. The highest BCUT2D eigenvalue weighted by molar-refractivity contribution is 7.99. The van der Waals surface area contributed by atoms with Crippen LogP contribution in [0.25, 0.3) is 0 Å². The predicted molar refractivity (Wildman–Crippen MR) is 109 cm³/mol. The van der Waals surface area contributed by atoms with Crippen LogP contribution in [0.15, 0.2) is 64.4 Å². The molecular weight excluding hydrogens is 390 g/mol. The molecule has 1 saturated heterocycles. The molecule has 0 atom stereocenters. The SMILES string of the molecule is CC(C)CN1C(=O)C(=O)N(CC(=O)Nc2ccccc2Sc2ccccc2)C1=O. The first kappa shape index (κ1) is 20.6. The molecule has 2 aromatic carbocycles. The van der Waals surface area contributed by atoms with Crippen molar-refractivity contribution < 1.29 is 19.2 Å². The van der Waals surface area contributed by atoms with Crippen LogP contribution < -0.4 is 5.32 Å². The van der Waals surface area contributed by atoms with Gasteiger partial charge < -0.3 is 5.32 Å². The summed E-state index contributed by atoms with van der Waals surface area (Å²) in [6, 6.07) is 16.2. The third-order valence-corrected chi connectivity index (χ3v) is 5.20. The van der Waals surface area contributed by atoms with Gasteiger partial charge in [0.2, 0.25) is 5.91 Å². The predicted octanol–water partition coefficient (Wildman–Crippen LogP) is 3.22. The zero-order chi connectivity index (χ0) is 21.0. The molecule has 2 aromatic rings. The lowest BCUT2D eigenvalue weighted by Gasteiger charge is -2.17. The van der Waals surface area contributed by atoms with Crippen LogP contribution in [0.3, 0.4) is 0 Å². The second-order valence-electron chi connectivity index (χ2n) is 6.94. The van der Waals surface area contributed by atoms with E-state index in [4.69, 9.17) is 0 Å². The number of rotatable bonds is 7. The molecule has 0 unspecified atom stereocenters. The van der Waals surface area contributed by atoms with Gasteiger partial charge in [0, 0.05) is 16.3 Å². The van der Waals surface area contributed by atoms with Crippen LogP contribution in [-0.4, -0.2) is 46.6 Å². The zero-order valence-electron chi connectivity index (χ0n) is 16.1. The average Bonchev–Trinajstić information content (AvgIpc) is 2.88. The van der Waals surface area contributed by atoms with Crippen LogP contribution in [0, 0.1) is 5.92 Å². The van der Waals surface area contributed by atoms with Crippen molar-refractivity contribution in [1.29, 1.82) is 0 Å². The van der Waals surface area contributed by atoms with E-state index < -0.39 is 30.3 Å². The summed E-state index contributed by atoms with van der Waals surface area (Å²) in [6.07, 6.45) is 0. The minimum atomic E-state index is -0.974. The molecule has 0 aliphatic carbocycles. The van der Waals surface area contributed by atoms with E-state index in [9.17, 15) is 19.2 Å². The van der Waals surface area contributed by atoms with Gasteiger partial charge in [0.25, 0.3) is 0 Å². The standard InChI is InChI=1S/C21H21N3O4S/c1-14(2)12-23-19(26)20(27)24(21(23)28)13-18(25)22-16-10-6-7-11-17(16)29-15-8-4-3-5-9-15/h3-11,14H,12-13H2,1-2H3,(H,22,25). The highest BCUT2D eigenvalue weighted by Gasteiger charge is 2.45. The van der Waals surface area contributed by atoms with Gasteiger partial charge in [-0.25, -0.2) is 9.69 Å². The first-order valence-electron chi connectivity index (χ1n) is 9.16. The van der Waals surface area contributed by atoms with Crippen LogP contribution in [-0.2, 0) is 14.4 Å². The number of carbonyl (C=O) groups is 4. The maximum Gasteiger partial charge on any atom is 0.334 e. The molecule has 0 radical (unpaired) electrons. The minimum absolute atomic E-state index is 0.0198. The smallest absolute Gasteiger partial charge is 0.323 e. The van der Waals surface area contributed by atoms with Gasteiger partial charge in [-0.05, 0) is 30.2 Å². The fourth-order valence-electron chi connectivity index (χ4n) is 2.82. The fraction of sp³-hybridized carbons (Fsp3) is 0.238. The molecule has 150 valence electrons. The maximum absolute atomic E-state index is 12.5. The molecule has 1 heterocycles. The van der Waals surface area contributed by atoms with E-state index in [1.165, 1.54) is 11.8 Å². The molecule has 5 amide bonds. The second-order valence-corrected chi connectivity index (χ2v) is 8.06. The lowest BCUT2D eigenvalue weighted by atomic mass is 10.2. The van der Waals surface area contributed by atoms with Crippen molar-refractivity contribution in [3.05, 3.63) is 54.6 Å². The Bertz CT molecular complexity index is 946. The van der Waals surface area contributed by atoms with Crippen molar-refractivity contribution in [2.45, 2.75) is 23.6 Å². The topological polar surface area (TPSA) is 86.8 Å². The number of imide groups is 2. The number of hydrogen-bond acceptors (Lipinski definition) is 5. The third kappa shape index (κ3) is 4.83. The van der Waals surface area contributed by atoms with Gasteiger partial charge in [0.05, 0.1) is 5.69 Å². The van der Waals surface area contributed by atoms with Gasteiger partial charge in [-0.2, -0.15) is 0 Å². The van der Waals surface area contributed by atoms with E-state index >= 15 is 0 Å². The Kier molecular flexibility index (Phi) is 6.33. The van der Waals surface area contributed by atoms with Crippen molar-refractivity contribution in [3.8, 4) is 0 Å². The van der Waals surface area contributed by atoms with Gasteiger partial charge in [0.15, 0.2) is 0 Å². The number of urea groups is 1. The molecule has 0 saturated carbocycles. The summed E-state index contributed by atoms with van der Waals surface area (Å²) in [7, 11) is 0. The van der Waals surface area contributed by atoms with E-state index in [0.29, 0.717) is 10.6 Å². The maximum atomic E-state index is 12.5. The van der Waals surface area contributed by atoms with Crippen LogP contribution in [0.4, 0.5) is 10.5 Å². The van der Waals surface area contributed by atoms with Crippen LogP contribution in [0.1, 0.15) is 13.8 Å². The van der Waals surface area contributed by atoms with E-state index in [0.717, 1.165) is 14.7 Å². The minimum Gasteiger partial charge on any atom is -0.323 e. The molecule has 0 bridgehead atoms. The number of carbonyl (C=O) groups excluding carboxylic acids is 4. The Labute approximate surface area is 173 Å².